The zero-order valence-electron chi connectivity index (χ0n) is 9.06. The second-order valence-electron chi connectivity index (χ2n) is 3.35. The third-order valence-electron chi connectivity index (χ3n) is 1.92. The molecule has 2 N–H and O–H groups in total. The van der Waals surface area contributed by atoms with E-state index in [4.69, 9.17) is 9.52 Å². The highest BCUT2D eigenvalue weighted by Gasteiger charge is 2.10. The number of nitrogens with one attached hydrogen (secondary N) is 1. The van der Waals surface area contributed by atoms with Gasteiger partial charge in [-0.2, -0.15) is 0 Å². The molecule has 5 heteroatoms. The van der Waals surface area contributed by atoms with Gasteiger partial charge in [-0.25, -0.2) is 4.79 Å². The van der Waals surface area contributed by atoms with Crippen LogP contribution in [-0.2, 0) is 9.59 Å². The Bertz CT molecular complexity index is 419. The number of carbonyl (C=O) groups is 2. The molecule has 0 aliphatic heterocycles. The molecule has 1 aromatic rings. The summed E-state index contributed by atoms with van der Waals surface area (Å²) in [6.45, 7) is 3.56. The average molecular weight is 223 g/mol. The van der Waals surface area contributed by atoms with Gasteiger partial charge in [0, 0.05) is 12.2 Å². The van der Waals surface area contributed by atoms with Crippen LogP contribution in [0.4, 0.5) is 0 Å². The van der Waals surface area contributed by atoms with Gasteiger partial charge < -0.3 is 14.8 Å². The normalized spacial score (nSPS) is 12.6. The Morgan fingerprint density at radius 1 is 1.44 bits per heavy atom. The van der Waals surface area contributed by atoms with E-state index in [1.807, 2.05) is 6.92 Å². The summed E-state index contributed by atoms with van der Waals surface area (Å²) in [5, 5.41) is 10.9. The maximum absolute atomic E-state index is 11.2. The zero-order chi connectivity index (χ0) is 12.1. The lowest BCUT2D eigenvalue weighted by Crippen LogP contribution is -2.24. The molecular weight excluding hydrogens is 210 g/mol. The number of amides is 1. The molecule has 0 spiro atoms. The average Bonchev–Trinajstić information content (AvgIpc) is 2.62. The van der Waals surface area contributed by atoms with Crippen LogP contribution in [-0.4, -0.2) is 17.0 Å². The van der Waals surface area contributed by atoms with Crippen molar-refractivity contribution < 1.29 is 19.1 Å². The van der Waals surface area contributed by atoms with Gasteiger partial charge in [0.05, 0.1) is 6.04 Å². The van der Waals surface area contributed by atoms with Crippen molar-refractivity contribution >= 4 is 11.9 Å². The Morgan fingerprint density at radius 3 is 2.62 bits per heavy atom. The zero-order valence-corrected chi connectivity index (χ0v) is 9.06. The molecular formula is C11H13NO4. The molecule has 1 unspecified atom stereocenters. The van der Waals surface area contributed by atoms with Gasteiger partial charge in [0.15, 0.2) is 0 Å². The van der Waals surface area contributed by atoms with Gasteiger partial charge in [0.1, 0.15) is 11.5 Å². The summed E-state index contributed by atoms with van der Waals surface area (Å²) in [6, 6.07) is 3.27. The van der Waals surface area contributed by atoms with E-state index in [2.05, 4.69) is 5.32 Å². The van der Waals surface area contributed by atoms with Crippen LogP contribution in [0.3, 0.4) is 0 Å². The van der Waals surface area contributed by atoms with Crippen molar-refractivity contribution in [1.82, 2.24) is 5.32 Å². The van der Waals surface area contributed by atoms with Crippen molar-refractivity contribution in [3.05, 3.63) is 35.8 Å². The second kappa shape index (κ2) is 5.16. The van der Waals surface area contributed by atoms with Gasteiger partial charge >= 0.3 is 5.97 Å². The highest BCUT2D eigenvalue weighted by atomic mass is 16.4. The fraction of sp³-hybridized carbons (Fsp3) is 0.273. The first-order chi connectivity index (χ1) is 7.49. The number of aryl methyl sites for hydroxylation is 1. The van der Waals surface area contributed by atoms with Crippen molar-refractivity contribution in [2.45, 2.75) is 19.9 Å². The lowest BCUT2D eigenvalue weighted by molar-refractivity contribution is -0.131. The quantitative estimate of drug-likeness (QED) is 0.756. The first-order valence-corrected chi connectivity index (χ1v) is 4.77. The van der Waals surface area contributed by atoms with Crippen LogP contribution in [0.15, 0.2) is 28.7 Å². The molecule has 1 aromatic heterocycles. The van der Waals surface area contributed by atoms with E-state index in [9.17, 15) is 9.59 Å². The van der Waals surface area contributed by atoms with Crippen LogP contribution in [0.25, 0.3) is 0 Å². The molecule has 0 bridgehead atoms. The van der Waals surface area contributed by atoms with E-state index in [0.29, 0.717) is 5.76 Å². The molecule has 0 aliphatic rings. The maximum atomic E-state index is 11.2. The van der Waals surface area contributed by atoms with Crippen molar-refractivity contribution in [1.29, 1.82) is 0 Å². The lowest BCUT2D eigenvalue weighted by Gasteiger charge is -2.08. The Labute approximate surface area is 92.8 Å². The van der Waals surface area contributed by atoms with Gasteiger partial charge in [-0.1, -0.05) is 0 Å². The molecule has 1 heterocycles. The fourth-order valence-corrected chi connectivity index (χ4v) is 1.17. The fourth-order valence-electron chi connectivity index (χ4n) is 1.17. The number of hydrogen-bond donors (Lipinski definition) is 2. The van der Waals surface area contributed by atoms with Crippen molar-refractivity contribution in [3.8, 4) is 0 Å². The SMILES string of the molecule is Cc1ccc(C(C)NC(=O)/C=C/C(=O)O)o1. The summed E-state index contributed by atoms with van der Waals surface area (Å²) >= 11 is 0. The molecule has 1 amide bonds. The number of furan rings is 1. The maximum Gasteiger partial charge on any atom is 0.328 e. The summed E-state index contributed by atoms with van der Waals surface area (Å²) in [5.74, 6) is -0.229. The first kappa shape index (κ1) is 12.0. The molecule has 1 atom stereocenters. The molecule has 0 fully saturated rings. The van der Waals surface area contributed by atoms with Crippen LogP contribution < -0.4 is 5.32 Å². The Kier molecular flexibility index (Phi) is 3.88. The van der Waals surface area contributed by atoms with Gasteiger partial charge in [-0.15, -0.1) is 0 Å². The Hall–Kier alpha value is -2.04. The predicted molar refractivity (Wildman–Crippen MR) is 56.8 cm³/mol. The van der Waals surface area contributed by atoms with Crippen molar-refractivity contribution in [2.24, 2.45) is 0 Å². The number of rotatable bonds is 4. The summed E-state index contributed by atoms with van der Waals surface area (Å²) in [4.78, 5) is 21.4. The van der Waals surface area contributed by atoms with E-state index >= 15 is 0 Å². The van der Waals surface area contributed by atoms with Gasteiger partial charge in [0.2, 0.25) is 5.91 Å². The Morgan fingerprint density at radius 2 is 2.12 bits per heavy atom. The molecule has 16 heavy (non-hydrogen) atoms. The topological polar surface area (TPSA) is 79.5 Å². The van der Waals surface area contributed by atoms with Crippen LogP contribution in [0.2, 0.25) is 0 Å². The monoisotopic (exact) mass is 223 g/mol. The van der Waals surface area contributed by atoms with Gasteiger partial charge in [0.25, 0.3) is 0 Å². The number of carbonyl (C=O) groups excluding carboxylic acids is 1. The minimum atomic E-state index is -1.16. The molecule has 0 aliphatic carbocycles. The van der Waals surface area contributed by atoms with Crippen LogP contribution in [0.5, 0.6) is 0 Å². The first-order valence-electron chi connectivity index (χ1n) is 4.77. The third kappa shape index (κ3) is 3.61. The van der Waals surface area contributed by atoms with Crippen LogP contribution in [0.1, 0.15) is 24.5 Å². The highest BCUT2D eigenvalue weighted by Crippen LogP contribution is 2.15. The van der Waals surface area contributed by atoms with E-state index < -0.39 is 11.9 Å². The highest BCUT2D eigenvalue weighted by molar-refractivity contribution is 5.93. The molecule has 0 saturated heterocycles. The van der Waals surface area contributed by atoms with E-state index in [1.165, 1.54) is 0 Å². The minimum Gasteiger partial charge on any atom is -0.478 e. The molecule has 0 radical (unpaired) electrons. The number of aliphatic carboxylic acids is 1. The summed E-state index contributed by atoms with van der Waals surface area (Å²) in [6.07, 6.45) is 1.75. The van der Waals surface area contributed by atoms with E-state index in [-0.39, 0.29) is 6.04 Å². The predicted octanol–water partition coefficient (Wildman–Crippen LogP) is 1.41. The summed E-state index contributed by atoms with van der Waals surface area (Å²) in [5.41, 5.74) is 0. The second-order valence-corrected chi connectivity index (χ2v) is 3.35. The van der Waals surface area contributed by atoms with E-state index in [0.717, 1.165) is 17.9 Å². The Balaban J connectivity index is 2.55. The summed E-state index contributed by atoms with van der Waals surface area (Å²) in [7, 11) is 0. The smallest absolute Gasteiger partial charge is 0.328 e. The van der Waals surface area contributed by atoms with Gasteiger partial charge in [-0.05, 0) is 26.0 Å². The standard InChI is InChI=1S/C11H13NO4/c1-7-3-4-9(16-7)8(2)12-10(13)5-6-11(14)15/h3-6,8H,1-2H3,(H,12,13)(H,14,15)/b6-5+. The number of carboxylic acids is 1. The summed E-state index contributed by atoms with van der Waals surface area (Å²) < 4.78 is 5.32. The number of carboxylic acid groups (broad SMARTS) is 1. The molecule has 0 saturated carbocycles. The molecule has 1 rings (SSSR count). The minimum absolute atomic E-state index is 0.292. The van der Waals surface area contributed by atoms with Gasteiger partial charge in [-0.3, -0.25) is 4.79 Å². The van der Waals surface area contributed by atoms with Crippen molar-refractivity contribution in [2.75, 3.05) is 0 Å². The van der Waals surface area contributed by atoms with Crippen molar-refractivity contribution in [3.63, 3.8) is 0 Å². The molecule has 0 aromatic carbocycles. The van der Waals surface area contributed by atoms with E-state index in [1.54, 1.807) is 19.1 Å². The van der Waals surface area contributed by atoms with Crippen LogP contribution >= 0.6 is 0 Å². The van der Waals surface area contributed by atoms with Crippen LogP contribution in [0, 0.1) is 6.92 Å². The third-order valence-corrected chi connectivity index (χ3v) is 1.92. The largest absolute Gasteiger partial charge is 0.478 e. The lowest BCUT2D eigenvalue weighted by atomic mass is 10.2. The molecule has 86 valence electrons. The molecule has 5 nitrogen and oxygen atoms in total. The number of hydrogen-bond acceptors (Lipinski definition) is 3.